The van der Waals surface area contributed by atoms with E-state index in [1.165, 1.54) is 0 Å². The Balaban J connectivity index is 1.59. The van der Waals surface area contributed by atoms with Crippen LogP contribution < -0.4 is 4.74 Å². The molecule has 6 heteroatoms. The van der Waals surface area contributed by atoms with Crippen LogP contribution in [-0.2, 0) is 14.3 Å². The Bertz CT molecular complexity index is 582. The van der Waals surface area contributed by atoms with Crippen molar-refractivity contribution >= 4 is 17.5 Å². The van der Waals surface area contributed by atoms with Crippen LogP contribution in [0.3, 0.4) is 0 Å². The van der Waals surface area contributed by atoms with Gasteiger partial charge in [-0.2, -0.15) is 0 Å². The molecule has 0 radical (unpaired) electrons. The third-order valence-corrected chi connectivity index (χ3v) is 4.94. The zero-order valence-corrected chi connectivity index (χ0v) is 14.8. The Kier molecular flexibility index (Phi) is 5.64. The van der Waals surface area contributed by atoms with Crippen molar-refractivity contribution in [1.82, 2.24) is 4.90 Å². The molecule has 0 aromatic heterocycles. The zero-order valence-electron chi connectivity index (χ0n) is 14.0. The quantitative estimate of drug-likeness (QED) is 0.816. The first-order valence-corrected chi connectivity index (χ1v) is 8.90. The van der Waals surface area contributed by atoms with E-state index < -0.39 is 0 Å². The summed E-state index contributed by atoms with van der Waals surface area (Å²) in [6, 6.07) is 7.47. The standard InChI is InChI=1S/C18H24ClNO4/c1-2-22-12-17(21)20-9-5-8-18(13-20)10-14(11-23-18)24-16-7-4-3-6-15(16)19/h3-4,6-7,14H,2,5,8-13H2,1H3/t14-,18-/m1/s1. The molecule has 0 saturated carbocycles. The van der Waals surface area contributed by atoms with Gasteiger partial charge in [0.15, 0.2) is 0 Å². The normalized spacial score (nSPS) is 26.8. The molecule has 2 heterocycles. The highest BCUT2D eigenvalue weighted by molar-refractivity contribution is 6.32. The Morgan fingerprint density at radius 1 is 1.46 bits per heavy atom. The van der Waals surface area contributed by atoms with Gasteiger partial charge in [-0.3, -0.25) is 4.79 Å². The molecule has 3 rings (SSSR count). The number of hydrogen-bond donors (Lipinski definition) is 0. The SMILES string of the molecule is CCOCC(=O)N1CCC[C@@]2(C[C@@H](Oc3ccccc3Cl)CO2)C1. The van der Waals surface area contributed by atoms with Crippen molar-refractivity contribution in [3.63, 3.8) is 0 Å². The van der Waals surface area contributed by atoms with Gasteiger partial charge in [0.25, 0.3) is 0 Å². The van der Waals surface area contributed by atoms with Crippen LogP contribution in [-0.4, -0.2) is 55.4 Å². The van der Waals surface area contributed by atoms with E-state index in [0.717, 1.165) is 25.8 Å². The van der Waals surface area contributed by atoms with Gasteiger partial charge in [0.2, 0.25) is 5.91 Å². The van der Waals surface area contributed by atoms with E-state index in [1.807, 2.05) is 36.1 Å². The second-order valence-electron chi connectivity index (χ2n) is 6.42. The summed E-state index contributed by atoms with van der Waals surface area (Å²) in [5, 5.41) is 0.607. The number of rotatable bonds is 5. The van der Waals surface area contributed by atoms with Gasteiger partial charge in [-0.25, -0.2) is 0 Å². The maximum Gasteiger partial charge on any atom is 0.248 e. The van der Waals surface area contributed by atoms with Gasteiger partial charge in [0.1, 0.15) is 18.5 Å². The summed E-state index contributed by atoms with van der Waals surface area (Å²) in [6.45, 7) is 4.50. The first-order chi connectivity index (χ1) is 11.6. The molecular formula is C18H24ClNO4. The van der Waals surface area contributed by atoms with Crippen LogP contribution >= 0.6 is 11.6 Å². The molecular weight excluding hydrogens is 330 g/mol. The number of halogens is 1. The summed E-state index contributed by atoms with van der Waals surface area (Å²) in [5.41, 5.74) is -0.300. The maximum absolute atomic E-state index is 12.2. The highest BCUT2D eigenvalue weighted by atomic mass is 35.5. The third-order valence-electron chi connectivity index (χ3n) is 4.63. The van der Waals surface area contributed by atoms with E-state index in [2.05, 4.69) is 0 Å². The smallest absolute Gasteiger partial charge is 0.248 e. The Hall–Kier alpha value is -1.30. The molecule has 0 aliphatic carbocycles. The van der Waals surface area contributed by atoms with Crippen LogP contribution in [0.4, 0.5) is 0 Å². The molecule has 2 aliphatic heterocycles. The van der Waals surface area contributed by atoms with Gasteiger partial charge in [-0.1, -0.05) is 23.7 Å². The number of hydrogen-bond acceptors (Lipinski definition) is 4. The lowest BCUT2D eigenvalue weighted by atomic mass is 9.89. The zero-order chi connectivity index (χ0) is 17.0. The summed E-state index contributed by atoms with van der Waals surface area (Å²) in [4.78, 5) is 14.1. The molecule has 2 aliphatic rings. The number of carbonyl (C=O) groups excluding carboxylic acids is 1. The van der Waals surface area contributed by atoms with Gasteiger partial charge < -0.3 is 19.1 Å². The second kappa shape index (κ2) is 7.72. The van der Waals surface area contributed by atoms with Crippen molar-refractivity contribution in [3.05, 3.63) is 29.3 Å². The Morgan fingerprint density at radius 3 is 3.08 bits per heavy atom. The second-order valence-corrected chi connectivity index (χ2v) is 6.83. The predicted octanol–water partition coefficient (Wildman–Crippen LogP) is 2.91. The lowest BCUT2D eigenvalue weighted by Crippen LogP contribution is -2.51. The first-order valence-electron chi connectivity index (χ1n) is 8.52. The minimum atomic E-state index is -0.300. The lowest BCUT2D eigenvalue weighted by Gasteiger charge is -2.39. The minimum Gasteiger partial charge on any atom is -0.486 e. The summed E-state index contributed by atoms with van der Waals surface area (Å²) in [6.07, 6.45) is 2.63. The largest absolute Gasteiger partial charge is 0.486 e. The lowest BCUT2D eigenvalue weighted by molar-refractivity contribution is -0.143. The van der Waals surface area contributed by atoms with Crippen LogP contribution in [0.1, 0.15) is 26.2 Å². The van der Waals surface area contributed by atoms with Gasteiger partial charge in [-0.15, -0.1) is 0 Å². The summed E-state index contributed by atoms with van der Waals surface area (Å²) < 4.78 is 17.3. The molecule has 1 aromatic rings. The van der Waals surface area contributed by atoms with Crippen molar-refractivity contribution in [3.8, 4) is 5.75 Å². The number of amides is 1. The van der Waals surface area contributed by atoms with Crippen LogP contribution in [0.15, 0.2) is 24.3 Å². The van der Waals surface area contributed by atoms with E-state index in [0.29, 0.717) is 30.5 Å². The third kappa shape index (κ3) is 4.02. The molecule has 0 bridgehead atoms. The van der Waals surface area contributed by atoms with Gasteiger partial charge in [0, 0.05) is 26.1 Å². The number of ether oxygens (including phenoxy) is 3. The first kappa shape index (κ1) is 17.5. The predicted molar refractivity (Wildman–Crippen MR) is 91.5 cm³/mol. The molecule has 1 aromatic carbocycles. The number of benzene rings is 1. The molecule has 2 atom stereocenters. The molecule has 2 fully saturated rings. The van der Waals surface area contributed by atoms with Crippen LogP contribution in [0, 0.1) is 0 Å². The van der Waals surface area contributed by atoms with Crippen LogP contribution in [0.2, 0.25) is 5.02 Å². The summed E-state index contributed by atoms with van der Waals surface area (Å²) in [5.74, 6) is 0.722. The van der Waals surface area contributed by atoms with Crippen molar-refractivity contribution in [2.24, 2.45) is 0 Å². The topological polar surface area (TPSA) is 48.0 Å². The number of likely N-dealkylation sites (tertiary alicyclic amines) is 1. The maximum atomic E-state index is 12.2. The molecule has 0 unspecified atom stereocenters. The molecule has 1 spiro atoms. The van der Waals surface area contributed by atoms with E-state index in [4.69, 9.17) is 25.8 Å². The molecule has 24 heavy (non-hydrogen) atoms. The Morgan fingerprint density at radius 2 is 2.29 bits per heavy atom. The summed E-state index contributed by atoms with van der Waals surface area (Å²) >= 11 is 6.16. The van der Waals surface area contributed by atoms with Crippen LogP contribution in [0.25, 0.3) is 0 Å². The fraction of sp³-hybridized carbons (Fsp3) is 0.611. The number of para-hydroxylation sites is 1. The van der Waals surface area contributed by atoms with E-state index in [-0.39, 0.29) is 24.2 Å². The van der Waals surface area contributed by atoms with Crippen molar-refractivity contribution in [2.45, 2.75) is 37.9 Å². The molecule has 5 nitrogen and oxygen atoms in total. The average molecular weight is 354 g/mol. The number of carbonyl (C=O) groups is 1. The highest BCUT2D eigenvalue weighted by Crippen LogP contribution is 2.37. The monoisotopic (exact) mass is 353 g/mol. The van der Waals surface area contributed by atoms with Gasteiger partial charge >= 0.3 is 0 Å². The highest BCUT2D eigenvalue weighted by Gasteiger charge is 2.45. The molecule has 0 N–H and O–H groups in total. The van der Waals surface area contributed by atoms with Crippen LogP contribution in [0.5, 0.6) is 5.75 Å². The van der Waals surface area contributed by atoms with E-state index in [9.17, 15) is 4.79 Å². The average Bonchev–Trinajstić information content (AvgIpc) is 2.96. The fourth-order valence-electron chi connectivity index (χ4n) is 3.47. The van der Waals surface area contributed by atoms with Gasteiger partial charge in [0.05, 0.1) is 17.2 Å². The molecule has 2 saturated heterocycles. The van der Waals surface area contributed by atoms with E-state index >= 15 is 0 Å². The van der Waals surface area contributed by atoms with Crippen molar-refractivity contribution in [2.75, 3.05) is 32.9 Å². The summed E-state index contributed by atoms with van der Waals surface area (Å²) in [7, 11) is 0. The number of nitrogens with zero attached hydrogens (tertiary/aromatic N) is 1. The Labute approximate surface area is 147 Å². The van der Waals surface area contributed by atoms with Crippen molar-refractivity contribution < 1.29 is 19.0 Å². The minimum absolute atomic E-state index is 0.0353. The fourth-order valence-corrected chi connectivity index (χ4v) is 3.65. The molecule has 1 amide bonds. The van der Waals surface area contributed by atoms with Crippen molar-refractivity contribution in [1.29, 1.82) is 0 Å². The molecule has 132 valence electrons. The number of piperidine rings is 1. The van der Waals surface area contributed by atoms with Gasteiger partial charge in [-0.05, 0) is 31.9 Å². The van der Waals surface area contributed by atoms with E-state index in [1.54, 1.807) is 0 Å².